The van der Waals surface area contributed by atoms with Gasteiger partial charge >= 0.3 is 0 Å². The fraction of sp³-hybridized carbons (Fsp3) is 0.400. The quantitative estimate of drug-likeness (QED) is 0.808. The monoisotopic (exact) mass is 374 g/mol. The van der Waals surface area contributed by atoms with Crippen molar-refractivity contribution < 1.29 is 13.2 Å². The Morgan fingerprint density at radius 2 is 1.62 bits per heavy atom. The lowest BCUT2D eigenvalue weighted by molar-refractivity contribution is 0.181. The van der Waals surface area contributed by atoms with E-state index in [9.17, 15) is 8.42 Å². The molecule has 3 rings (SSSR count). The van der Waals surface area contributed by atoms with Gasteiger partial charge in [0.15, 0.2) is 0 Å². The van der Waals surface area contributed by atoms with Crippen molar-refractivity contribution in [3.8, 4) is 5.75 Å². The Labute approximate surface area is 156 Å². The molecule has 0 atom stereocenters. The van der Waals surface area contributed by atoms with Crippen LogP contribution in [0.1, 0.15) is 16.7 Å². The van der Waals surface area contributed by atoms with E-state index in [1.54, 1.807) is 23.5 Å². The molecule has 0 aromatic heterocycles. The van der Waals surface area contributed by atoms with Gasteiger partial charge in [0.2, 0.25) is 10.0 Å². The first kappa shape index (κ1) is 18.9. The van der Waals surface area contributed by atoms with Crippen molar-refractivity contribution in [1.29, 1.82) is 0 Å². The number of sulfonamides is 1. The van der Waals surface area contributed by atoms with E-state index in [4.69, 9.17) is 4.74 Å². The van der Waals surface area contributed by atoms with E-state index in [0.717, 1.165) is 30.8 Å². The third-order valence-electron chi connectivity index (χ3n) is 4.89. The van der Waals surface area contributed by atoms with Crippen LogP contribution in [0.2, 0.25) is 0 Å². The van der Waals surface area contributed by atoms with E-state index >= 15 is 0 Å². The minimum absolute atomic E-state index is 0.382. The van der Waals surface area contributed by atoms with Crippen molar-refractivity contribution >= 4 is 10.0 Å². The average molecular weight is 375 g/mol. The minimum atomic E-state index is -3.49. The lowest BCUT2D eigenvalue weighted by atomic mass is 10.1. The van der Waals surface area contributed by atoms with Gasteiger partial charge in [-0.2, -0.15) is 4.31 Å². The lowest BCUT2D eigenvalue weighted by Crippen LogP contribution is -2.48. The summed E-state index contributed by atoms with van der Waals surface area (Å²) in [5.74, 6) is 0.717. The van der Waals surface area contributed by atoms with Crippen LogP contribution in [0.3, 0.4) is 0 Å². The average Bonchev–Trinajstić information content (AvgIpc) is 2.64. The molecule has 0 N–H and O–H groups in total. The van der Waals surface area contributed by atoms with Crippen LogP contribution in [0.25, 0.3) is 0 Å². The third-order valence-corrected chi connectivity index (χ3v) is 6.93. The largest absolute Gasteiger partial charge is 0.496 e. The highest BCUT2D eigenvalue weighted by molar-refractivity contribution is 7.89. The second kappa shape index (κ2) is 7.78. The highest BCUT2D eigenvalue weighted by Crippen LogP contribution is 2.28. The van der Waals surface area contributed by atoms with Crippen LogP contribution in [0, 0.1) is 13.8 Å². The second-order valence-electron chi connectivity index (χ2n) is 6.75. The van der Waals surface area contributed by atoms with Crippen LogP contribution in [-0.2, 0) is 16.6 Å². The SMILES string of the molecule is COc1cc(C)c(S(=O)(=O)N2CCN(Cc3ccccc3)CC2)cc1C. The van der Waals surface area contributed by atoms with Gasteiger partial charge < -0.3 is 4.74 Å². The predicted octanol–water partition coefficient (Wildman–Crippen LogP) is 2.82. The van der Waals surface area contributed by atoms with E-state index in [1.165, 1.54) is 5.56 Å². The molecule has 0 amide bonds. The number of benzene rings is 2. The van der Waals surface area contributed by atoms with Gasteiger partial charge in [-0.1, -0.05) is 30.3 Å². The van der Waals surface area contributed by atoms with E-state index in [1.807, 2.05) is 32.0 Å². The molecule has 1 heterocycles. The second-order valence-corrected chi connectivity index (χ2v) is 8.66. The number of aryl methyl sites for hydroxylation is 2. The Morgan fingerprint density at radius 3 is 2.23 bits per heavy atom. The topological polar surface area (TPSA) is 49.9 Å². The number of piperazine rings is 1. The molecular weight excluding hydrogens is 348 g/mol. The van der Waals surface area contributed by atoms with Crippen LogP contribution in [0.4, 0.5) is 0 Å². The summed E-state index contributed by atoms with van der Waals surface area (Å²) in [6.45, 7) is 7.05. The molecule has 2 aromatic rings. The molecule has 1 aliphatic rings. The molecule has 5 nitrogen and oxygen atoms in total. The molecule has 0 saturated carbocycles. The normalized spacial score (nSPS) is 16.6. The van der Waals surface area contributed by atoms with Crippen LogP contribution >= 0.6 is 0 Å². The molecular formula is C20H26N2O3S. The summed E-state index contributed by atoms with van der Waals surface area (Å²) < 4.78 is 33.1. The summed E-state index contributed by atoms with van der Waals surface area (Å²) >= 11 is 0. The Hall–Kier alpha value is -1.89. The van der Waals surface area contributed by atoms with Crippen molar-refractivity contribution in [3.63, 3.8) is 0 Å². The van der Waals surface area contributed by atoms with E-state index in [-0.39, 0.29) is 0 Å². The van der Waals surface area contributed by atoms with Crippen LogP contribution in [0.5, 0.6) is 5.75 Å². The van der Waals surface area contributed by atoms with Gasteiger partial charge in [-0.3, -0.25) is 4.90 Å². The summed E-state index contributed by atoms with van der Waals surface area (Å²) in [4.78, 5) is 2.68. The van der Waals surface area contributed by atoms with Gasteiger partial charge in [-0.05, 0) is 42.7 Å². The number of hydrogen-bond acceptors (Lipinski definition) is 4. The summed E-state index contributed by atoms with van der Waals surface area (Å²) in [7, 11) is -1.89. The zero-order chi connectivity index (χ0) is 18.7. The van der Waals surface area contributed by atoms with Crippen LogP contribution < -0.4 is 4.74 Å². The van der Waals surface area contributed by atoms with Crippen LogP contribution in [0.15, 0.2) is 47.4 Å². The Morgan fingerprint density at radius 1 is 0.962 bits per heavy atom. The molecule has 1 fully saturated rings. The number of methoxy groups -OCH3 is 1. The van der Waals surface area contributed by atoms with Gasteiger partial charge in [-0.15, -0.1) is 0 Å². The number of nitrogens with zero attached hydrogens (tertiary/aromatic N) is 2. The molecule has 6 heteroatoms. The first-order valence-electron chi connectivity index (χ1n) is 8.83. The van der Waals surface area contributed by atoms with Gasteiger partial charge in [0.25, 0.3) is 0 Å². The summed E-state index contributed by atoms with van der Waals surface area (Å²) in [5.41, 5.74) is 2.81. The molecule has 0 bridgehead atoms. The molecule has 140 valence electrons. The number of hydrogen-bond donors (Lipinski definition) is 0. The van der Waals surface area contributed by atoms with Gasteiger partial charge in [0, 0.05) is 32.7 Å². The molecule has 0 spiro atoms. The Balaban J connectivity index is 1.71. The van der Waals surface area contributed by atoms with Gasteiger partial charge in [-0.25, -0.2) is 8.42 Å². The maximum absolute atomic E-state index is 13.1. The van der Waals surface area contributed by atoms with Crippen molar-refractivity contribution in [2.45, 2.75) is 25.3 Å². The first-order chi connectivity index (χ1) is 12.4. The minimum Gasteiger partial charge on any atom is -0.496 e. The molecule has 0 radical (unpaired) electrons. The third kappa shape index (κ3) is 3.92. The van der Waals surface area contributed by atoms with E-state index in [2.05, 4.69) is 17.0 Å². The van der Waals surface area contributed by atoms with Crippen LogP contribution in [-0.4, -0.2) is 50.9 Å². The predicted molar refractivity (Wildman–Crippen MR) is 103 cm³/mol. The van der Waals surface area contributed by atoms with Gasteiger partial charge in [0.05, 0.1) is 12.0 Å². The standard InChI is InChI=1S/C20H26N2O3S/c1-16-14-20(17(2)13-19(16)25-3)26(23,24)22-11-9-21(10-12-22)15-18-7-5-4-6-8-18/h4-8,13-14H,9-12,15H2,1-3H3. The number of rotatable bonds is 5. The Kier molecular flexibility index (Phi) is 5.65. The van der Waals surface area contributed by atoms with Crippen molar-refractivity contribution in [1.82, 2.24) is 9.21 Å². The van der Waals surface area contributed by atoms with Crippen molar-refractivity contribution in [3.05, 3.63) is 59.2 Å². The molecule has 1 saturated heterocycles. The van der Waals surface area contributed by atoms with E-state index < -0.39 is 10.0 Å². The fourth-order valence-corrected chi connectivity index (χ4v) is 5.08. The zero-order valence-electron chi connectivity index (χ0n) is 15.6. The smallest absolute Gasteiger partial charge is 0.243 e. The highest BCUT2D eigenvalue weighted by atomic mass is 32.2. The summed E-state index contributed by atoms with van der Waals surface area (Å²) in [5, 5.41) is 0. The molecule has 0 unspecified atom stereocenters. The molecule has 0 aliphatic carbocycles. The molecule has 2 aromatic carbocycles. The van der Waals surface area contributed by atoms with Gasteiger partial charge in [0.1, 0.15) is 5.75 Å². The summed E-state index contributed by atoms with van der Waals surface area (Å²) in [6, 6.07) is 13.8. The lowest BCUT2D eigenvalue weighted by Gasteiger charge is -2.34. The molecule has 1 aliphatic heterocycles. The highest BCUT2D eigenvalue weighted by Gasteiger charge is 2.30. The Bertz CT molecular complexity index is 858. The zero-order valence-corrected chi connectivity index (χ0v) is 16.4. The van der Waals surface area contributed by atoms with Crippen molar-refractivity contribution in [2.75, 3.05) is 33.3 Å². The van der Waals surface area contributed by atoms with Crippen molar-refractivity contribution in [2.24, 2.45) is 0 Å². The fourth-order valence-electron chi connectivity index (χ4n) is 3.37. The maximum atomic E-state index is 13.1. The summed E-state index contributed by atoms with van der Waals surface area (Å²) in [6.07, 6.45) is 0. The maximum Gasteiger partial charge on any atom is 0.243 e. The first-order valence-corrected chi connectivity index (χ1v) is 10.3. The van der Waals surface area contributed by atoms with E-state index in [0.29, 0.717) is 23.7 Å². The molecule has 26 heavy (non-hydrogen) atoms. The number of ether oxygens (including phenoxy) is 1.